The number of halogens is 1. The first kappa shape index (κ1) is 29.2. The van der Waals surface area contributed by atoms with Crippen molar-refractivity contribution in [3.8, 4) is 0 Å². The molecule has 0 aromatic heterocycles. The predicted octanol–water partition coefficient (Wildman–Crippen LogP) is 7.99. The van der Waals surface area contributed by atoms with E-state index in [2.05, 4.69) is 112 Å². The van der Waals surface area contributed by atoms with Crippen LogP contribution < -0.4 is 21.3 Å². The molecule has 5 aromatic rings. The monoisotopic (exact) mass is 592 g/mol. The Labute approximate surface area is 258 Å². The van der Waals surface area contributed by atoms with Crippen LogP contribution in [0.1, 0.15) is 23.3 Å². The second-order valence-electron chi connectivity index (χ2n) is 10.7. The van der Waals surface area contributed by atoms with Crippen molar-refractivity contribution in [3.05, 3.63) is 131 Å². The molecule has 5 aromatic carbocycles. The summed E-state index contributed by atoms with van der Waals surface area (Å²) in [7, 11) is 0. The minimum absolute atomic E-state index is 0.160. The quantitative estimate of drug-likeness (QED) is 0.160. The van der Waals surface area contributed by atoms with Crippen LogP contribution in [0.4, 0.5) is 22.7 Å². The van der Waals surface area contributed by atoms with Gasteiger partial charge in [-0.05, 0) is 82.6 Å². The SMILES string of the molecule is Clc1ccc(Nc2ccc(C3CNCCO3)cc2)cc1.c1ccc2cc(Nc3ccc([C@H]4CNCCO4)cc3)ccc2c1. The second kappa shape index (κ2) is 14.5. The lowest BCUT2D eigenvalue weighted by Crippen LogP contribution is -2.33. The molecule has 0 aliphatic carbocycles. The molecule has 2 saturated heterocycles. The summed E-state index contributed by atoms with van der Waals surface area (Å²) < 4.78 is 11.5. The molecule has 220 valence electrons. The van der Waals surface area contributed by atoms with Crippen molar-refractivity contribution in [2.75, 3.05) is 50.0 Å². The molecule has 2 aliphatic rings. The van der Waals surface area contributed by atoms with E-state index in [0.29, 0.717) is 0 Å². The maximum Gasteiger partial charge on any atom is 0.0949 e. The highest BCUT2D eigenvalue weighted by atomic mass is 35.5. The number of morpholine rings is 2. The van der Waals surface area contributed by atoms with Gasteiger partial charge in [-0.3, -0.25) is 0 Å². The lowest BCUT2D eigenvalue weighted by molar-refractivity contribution is 0.0276. The largest absolute Gasteiger partial charge is 0.371 e. The Morgan fingerprint density at radius 2 is 1.00 bits per heavy atom. The number of benzene rings is 5. The van der Waals surface area contributed by atoms with Crippen LogP contribution in [0.15, 0.2) is 115 Å². The van der Waals surface area contributed by atoms with Crippen LogP contribution in [0.3, 0.4) is 0 Å². The Morgan fingerprint density at radius 3 is 1.51 bits per heavy atom. The number of hydrogen-bond acceptors (Lipinski definition) is 6. The Bertz CT molecular complexity index is 1580. The van der Waals surface area contributed by atoms with Crippen LogP contribution in [0.2, 0.25) is 5.02 Å². The van der Waals surface area contributed by atoms with Crippen LogP contribution in [0.25, 0.3) is 10.8 Å². The molecule has 6 nitrogen and oxygen atoms in total. The Hall–Kier alpha value is -3.91. The van der Waals surface area contributed by atoms with E-state index in [0.717, 1.165) is 67.2 Å². The molecule has 2 atom stereocenters. The predicted molar refractivity (Wildman–Crippen MR) is 178 cm³/mol. The maximum absolute atomic E-state index is 5.87. The smallest absolute Gasteiger partial charge is 0.0949 e. The van der Waals surface area contributed by atoms with Crippen LogP contribution in [-0.2, 0) is 9.47 Å². The minimum atomic E-state index is 0.160. The van der Waals surface area contributed by atoms with Crippen LogP contribution >= 0.6 is 11.6 Å². The van der Waals surface area contributed by atoms with Crippen molar-refractivity contribution in [3.63, 3.8) is 0 Å². The van der Waals surface area contributed by atoms with Gasteiger partial charge < -0.3 is 30.7 Å². The Morgan fingerprint density at radius 1 is 0.535 bits per heavy atom. The zero-order chi connectivity index (χ0) is 29.3. The number of rotatable bonds is 6. The van der Waals surface area contributed by atoms with Gasteiger partial charge >= 0.3 is 0 Å². The summed E-state index contributed by atoms with van der Waals surface area (Å²) >= 11 is 5.87. The number of fused-ring (bicyclic) bond motifs is 1. The molecule has 4 N–H and O–H groups in total. The zero-order valence-corrected chi connectivity index (χ0v) is 24.8. The number of ether oxygens (including phenoxy) is 2. The van der Waals surface area contributed by atoms with Crippen molar-refractivity contribution in [1.29, 1.82) is 0 Å². The van der Waals surface area contributed by atoms with Gasteiger partial charge in [0.1, 0.15) is 0 Å². The number of anilines is 4. The number of hydrogen-bond donors (Lipinski definition) is 4. The van der Waals surface area contributed by atoms with Gasteiger partial charge in [0.15, 0.2) is 0 Å². The topological polar surface area (TPSA) is 66.6 Å². The summed E-state index contributed by atoms with van der Waals surface area (Å²) in [6.45, 7) is 5.20. The van der Waals surface area contributed by atoms with Gasteiger partial charge in [-0.25, -0.2) is 0 Å². The van der Waals surface area contributed by atoms with Gasteiger partial charge in [-0.15, -0.1) is 0 Å². The van der Waals surface area contributed by atoms with E-state index in [1.54, 1.807) is 0 Å². The molecular formula is C36H37ClN4O2. The molecule has 7 rings (SSSR count). The van der Waals surface area contributed by atoms with Crippen molar-refractivity contribution >= 4 is 45.1 Å². The van der Waals surface area contributed by atoms with Gasteiger partial charge in [-0.2, -0.15) is 0 Å². The van der Waals surface area contributed by atoms with Gasteiger partial charge in [0, 0.05) is 54.0 Å². The van der Waals surface area contributed by atoms with E-state index in [-0.39, 0.29) is 12.2 Å². The molecule has 43 heavy (non-hydrogen) atoms. The average Bonchev–Trinajstić information content (AvgIpc) is 3.08. The highest BCUT2D eigenvalue weighted by Gasteiger charge is 2.16. The van der Waals surface area contributed by atoms with Gasteiger partial charge in [0.25, 0.3) is 0 Å². The standard InChI is InChI=1S/C20H20N2O.C16H17ClN2O/c1-2-4-17-13-19(10-5-15(17)3-1)22-18-8-6-16(7-9-18)20-14-21-11-12-23-20;17-13-3-7-15(8-4-13)19-14-5-1-12(2-6-14)16-11-18-9-10-20-16/h1-10,13,20-22H,11-12,14H2;1-8,16,18-19H,9-11H2/t20-;/m1./s1. The van der Waals surface area contributed by atoms with Crippen LogP contribution in [0, 0.1) is 0 Å². The molecule has 2 aliphatic heterocycles. The Balaban J connectivity index is 0.000000155. The first-order valence-corrected chi connectivity index (χ1v) is 15.2. The molecular weight excluding hydrogens is 556 g/mol. The van der Waals surface area contributed by atoms with Crippen molar-refractivity contribution < 1.29 is 9.47 Å². The highest BCUT2D eigenvalue weighted by Crippen LogP contribution is 2.26. The molecule has 7 heteroatoms. The van der Waals surface area contributed by atoms with Crippen LogP contribution in [0.5, 0.6) is 0 Å². The van der Waals surface area contributed by atoms with Gasteiger partial charge in [0.2, 0.25) is 0 Å². The lowest BCUT2D eigenvalue weighted by Gasteiger charge is -2.24. The summed E-state index contributed by atoms with van der Waals surface area (Å²) in [5.41, 5.74) is 6.71. The summed E-state index contributed by atoms with van der Waals surface area (Å²) in [5, 5.41) is 16.8. The molecule has 1 unspecified atom stereocenters. The zero-order valence-electron chi connectivity index (χ0n) is 24.1. The fourth-order valence-electron chi connectivity index (χ4n) is 5.25. The summed E-state index contributed by atoms with van der Waals surface area (Å²) in [6.07, 6.45) is 0.326. The van der Waals surface area contributed by atoms with Gasteiger partial charge in [0.05, 0.1) is 25.4 Å². The molecule has 2 fully saturated rings. The lowest BCUT2D eigenvalue weighted by atomic mass is 10.1. The van der Waals surface area contributed by atoms with Crippen molar-refractivity contribution in [2.45, 2.75) is 12.2 Å². The highest BCUT2D eigenvalue weighted by molar-refractivity contribution is 6.30. The van der Waals surface area contributed by atoms with Crippen molar-refractivity contribution in [2.24, 2.45) is 0 Å². The molecule has 0 radical (unpaired) electrons. The summed E-state index contributed by atoms with van der Waals surface area (Å²) in [4.78, 5) is 0. The summed E-state index contributed by atoms with van der Waals surface area (Å²) in [5.74, 6) is 0. The maximum atomic E-state index is 5.87. The van der Waals surface area contributed by atoms with E-state index in [9.17, 15) is 0 Å². The molecule has 0 saturated carbocycles. The van der Waals surface area contributed by atoms with E-state index < -0.39 is 0 Å². The Kier molecular flexibility index (Phi) is 9.85. The molecule has 2 heterocycles. The first-order valence-electron chi connectivity index (χ1n) is 14.8. The third-order valence-corrected chi connectivity index (χ3v) is 7.84. The molecule has 0 spiro atoms. The first-order chi connectivity index (χ1) is 21.2. The van der Waals surface area contributed by atoms with E-state index in [1.807, 2.05) is 24.3 Å². The van der Waals surface area contributed by atoms with Gasteiger partial charge in [-0.1, -0.05) is 66.2 Å². The third kappa shape index (κ3) is 8.14. The fourth-order valence-corrected chi connectivity index (χ4v) is 5.38. The van der Waals surface area contributed by atoms with Crippen LogP contribution in [-0.4, -0.2) is 39.4 Å². The summed E-state index contributed by atoms with van der Waals surface area (Å²) in [6, 6.07) is 39.4. The molecule has 0 bridgehead atoms. The third-order valence-electron chi connectivity index (χ3n) is 7.59. The fraction of sp³-hybridized carbons (Fsp3) is 0.222. The molecule has 0 amide bonds. The minimum Gasteiger partial charge on any atom is -0.371 e. The number of nitrogens with one attached hydrogen (secondary N) is 4. The second-order valence-corrected chi connectivity index (χ2v) is 11.1. The van der Waals surface area contributed by atoms with Crippen molar-refractivity contribution in [1.82, 2.24) is 10.6 Å². The van der Waals surface area contributed by atoms with E-state index in [4.69, 9.17) is 21.1 Å². The van der Waals surface area contributed by atoms with E-state index >= 15 is 0 Å². The average molecular weight is 593 g/mol. The van der Waals surface area contributed by atoms with E-state index in [1.165, 1.54) is 21.9 Å². The normalized spacial score (nSPS) is 18.3.